The van der Waals surface area contributed by atoms with Gasteiger partial charge >= 0.3 is 0 Å². The van der Waals surface area contributed by atoms with Crippen LogP contribution in [0.2, 0.25) is 0 Å². The fourth-order valence-electron chi connectivity index (χ4n) is 5.80. The first-order valence-electron chi connectivity index (χ1n) is 16.4. The summed E-state index contributed by atoms with van der Waals surface area (Å²) in [5, 5.41) is 3.50. The van der Waals surface area contributed by atoms with Gasteiger partial charge in [-0.3, -0.25) is 9.59 Å². The molecule has 2 fully saturated rings. The second-order valence-corrected chi connectivity index (χ2v) is 13.5. The Morgan fingerprint density at radius 3 is 1.79 bits per heavy atom. The first-order valence-corrected chi connectivity index (χ1v) is 16.4. The van der Waals surface area contributed by atoms with Gasteiger partial charge in [0.05, 0.1) is 0 Å². The van der Waals surface area contributed by atoms with Gasteiger partial charge in [0, 0.05) is 38.3 Å². The van der Waals surface area contributed by atoms with E-state index in [1.54, 1.807) is 0 Å². The summed E-state index contributed by atoms with van der Waals surface area (Å²) < 4.78 is 0. The number of Topliss-reactive ketones (excluding diaryl/α,β-unsaturated/α-hetero) is 2. The van der Waals surface area contributed by atoms with Crippen LogP contribution in [0.25, 0.3) is 0 Å². The van der Waals surface area contributed by atoms with Crippen molar-refractivity contribution in [3.05, 3.63) is 0 Å². The molecule has 4 nitrogen and oxygen atoms in total. The number of rotatable bonds is 13. The van der Waals surface area contributed by atoms with E-state index in [1.165, 1.54) is 38.6 Å². The molecule has 0 saturated carbocycles. The molecule has 0 aliphatic carbocycles. The van der Waals surface area contributed by atoms with Crippen LogP contribution >= 0.6 is 0 Å². The number of carbonyl (C=O) groups is 2. The highest BCUT2D eigenvalue weighted by molar-refractivity contribution is 5.79. The van der Waals surface area contributed by atoms with Crippen molar-refractivity contribution in [1.82, 2.24) is 10.2 Å². The molecular weight excluding hydrogens is 480 g/mol. The topological polar surface area (TPSA) is 49.4 Å². The predicted molar refractivity (Wildman–Crippen MR) is 174 cm³/mol. The molecule has 2 rings (SSSR count). The van der Waals surface area contributed by atoms with Gasteiger partial charge in [-0.2, -0.15) is 0 Å². The molecule has 0 aromatic rings. The Labute approximate surface area is 246 Å². The van der Waals surface area contributed by atoms with Crippen LogP contribution in [-0.4, -0.2) is 48.7 Å². The second kappa shape index (κ2) is 21.9. The van der Waals surface area contributed by atoms with E-state index < -0.39 is 0 Å². The molecule has 1 N–H and O–H groups in total. The van der Waals surface area contributed by atoms with Crippen molar-refractivity contribution in [2.75, 3.05) is 26.2 Å². The van der Waals surface area contributed by atoms with Crippen LogP contribution in [0.5, 0.6) is 0 Å². The zero-order valence-electron chi connectivity index (χ0n) is 27.5. The standard InChI is InChI=1S/C24H45NO2.C8H17N.C2H6.CH4/c1-7-24(8-2,15-10-22(27)19-23(4,5)6)14-9-21(26)13-18-25-16-11-20(3)12-17-25;1-3-8-6-7(2)4-5-9-8;1-2;/h20H,7-19H2,1-6H3;7-9H,3-6H2,1-2H3;1-2H3;1H4. The van der Waals surface area contributed by atoms with E-state index in [0.717, 1.165) is 63.2 Å². The van der Waals surface area contributed by atoms with Crippen molar-refractivity contribution in [3.63, 3.8) is 0 Å². The largest absolute Gasteiger partial charge is 0.314 e. The highest BCUT2D eigenvalue weighted by Gasteiger charge is 2.28. The number of likely N-dealkylation sites (tertiary alicyclic amines) is 1. The second-order valence-electron chi connectivity index (χ2n) is 13.5. The number of carbonyl (C=O) groups excluding carboxylic acids is 2. The minimum absolute atomic E-state index is 0. The number of hydrogen-bond donors (Lipinski definition) is 1. The van der Waals surface area contributed by atoms with E-state index in [1.807, 2.05) is 13.8 Å². The van der Waals surface area contributed by atoms with Gasteiger partial charge in [0.15, 0.2) is 0 Å². The van der Waals surface area contributed by atoms with Crippen LogP contribution in [0, 0.1) is 22.7 Å². The fourth-order valence-corrected chi connectivity index (χ4v) is 5.80. The molecule has 2 saturated heterocycles. The quantitative estimate of drug-likeness (QED) is 0.247. The normalized spacial score (nSPS) is 20.6. The van der Waals surface area contributed by atoms with Crippen molar-refractivity contribution in [2.24, 2.45) is 22.7 Å². The summed E-state index contributed by atoms with van der Waals surface area (Å²) in [6.45, 7) is 26.2. The Bertz CT molecular complexity index is 613. The lowest BCUT2D eigenvalue weighted by Crippen LogP contribution is -2.36. The van der Waals surface area contributed by atoms with Crippen molar-refractivity contribution in [3.8, 4) is 0 Å². The number of piperidine rings is 2. The van der Waals surface area contributed by atoms with Crippen molar-refractivity contribution >= 4 is 11.6 Å². The first kappa shape index (κ1) is 40.4. The van der Waals surface area contributed by atoms with Gasteiger partial charge in [-0.25, -0.2) is 0 Å². The average molecular weight is 553 g/mol. The van der Waals surface area contributed by atoms with E-state index in [-0.39, 0.29) is 18.3 Å². The molecule has 2 atom stereocenters. The van der Waals surface area contributed by atoms with E-state index >= 15 is 0 Å². The molecule has 0 radical (unpaired) electrons. The smallest absolute Gasteiger partial charge is 0.134 e. The maximum absolute atomic E-state index is 12.5. The Morgan fingerprint density at radius 1 is 0.821 bits per heavy atom. The summed E-state index contributed by atoms with van der Waals surface area (Å²) in [5.41, 5.74) is 0.226. The summed E-state index contributed by atoms with van der Waals surface area (Å²) in [6.07, 6.45) is 13.3. The van der Waals surface area contributed by atoms with E-state index in [4.69, 9.17) is 0 Å². The number of hydrogen-bond acceptors (Lipinski definition) is 4. The fraction of sp³-hybridized carbons (Fsp3) is 0.943. The Morgan fingerprint density at radius 2 is 1.36 bits per heavy atom. The van der Waals surface area contributed by atoms with E-state index in [0.29, 0.717) is 37.2 Å². The third-order valence-electron chi connectivity index (χ3n) is 8.93. The Hall–Kier alpha value is -0.740. The lowest BCUT2D eigenvalue weighted by atomic mass is 9.73. The van der Waals surface area contributed by atoms with Gasteiger partial charge in [0.1, 0.15) is 11.6 Å². The van der Waals surface area contributed by atoms with Crippen molar-refractivity contribution in [2.45, 2.75) is 166 Å². The number of nitrogens with zero attached hydrogens (tertiary/aromatic N) is 1. The molecular formula is C35H72N2O2. The van der Waals surface area contributed by atoms with Crippen molar-refractivity contribution in [1.29, 1.82) is 0 Å². The monoisotopic (exact) mass is 553 g/mol. The van der Waals surface area contributed by atoms with Gasteiger partial charge in [0.2, 0.25) is 0 Å². The minimum Gasteiger partial charge on any atom is -0.314 e. The molecule has 4 heteroatoms. The lowest BCUT2D eigenvalue weighted by Gasteiger charge is -2.32. The summed E-state index contributed by atoms with van der Waals surface area (Å²) in [5.74, 6) is 2.57. The summed E-state index contributed by atoms with van der Waals surface area (Å²) in [7, 11) is 0. The van der Waals surface area contributed by atoms with Gasteiger partial charge in [0.25, 0.3) is 0 Å². The first-order chi connectivity index (χ1) is 17.9. The molecule has 0 aromatic heterocycles. The van der Waals surface area contributed by atoms with Gasteiger partial charge in [-0.05, 0) is 87.2 Å². The van der Waals surface area contributed by atoms with Crippen LogP contribution < -0.4 is 5.32 Å². The van der Waals surface area contributed by atoms with Gasteiger partial charge in [-0.15, -0.1) is 0 Å². The third kappa shape index (κ3) is 19.1. The average Bonchev–Trinajstić information content (AvgIpc) is 2.89. The summed E-state index contributed by atoms with van der Waals surface area (Å²) in [4.78, 5) is 27.2. The molecule has 0 spiro atoms. The van der Waals surface area contributed by atoms with Crippen LogP contribution in [0.15, 0.2) is 0 Å². The minimum atomic E-state index is 0. The van der Waals surface area contributed by atoms with Crippen molar-refractivity contribution < 1.29 is 9.59 Å². The highest BCUT2D eigenvalue weighted by atomic mass is 16.1. The third-order valence-corrected chi connectivity index (χ3v) is 8.93. The van der Waals surface area contributed by atoms with Crippen LogP contribution in [0.3, 0.4) is 0 Å². The van der Waals surface area contributed by atoms with Gasteiger partial charge < -0.3 is 10.2 Å². The van der Waals surface area contributed by atoms with E-state index in [9.17, 15) is 9.59 Å². The van der Waals surface area contributed by atoms with Gasteiger partial charge in [-0.1, -0.05) is 89.5 Å². The molecule has 2 aliphatic rings. The molecule has 0 aromatic carbocycles. The zero-order chi connectivity index (χ0) is 29.2. The van der Waals surface area contributed by atoms with Crippen LogP contribution in [0.4, 0.5) is 0 Å². The predicted octanol–water partition coefficient (Wildman–Crippen LogP) is 9.50. The summed E-state index contributed by atoms with van der Waals surface area (Å²) in [6, 6.07) is 0.814. The highest BCUT2D eigenvalue weighted by Crippen LogP contribution is 2.38. The van der Waals surface area contributed by atoms with Crippen LogP contribution in [0.1, 0.15) is 160 Å². The Balaban J connectivity index is 0. The molecule has 2 aliphatic heterocycles. The molecule has 39 heavy (non-hydrogen) atoms. The van der Waals surface area contributed by atoms with Crippen LogP contribution in [-0.2, 0) is 9.59 Å². The molecule has 0 bridgehead atoms. The maximum atomic E-state index is 12.5. The Kier molecular flexibility index (Phi) is 22.7. The molecule has 2 heterocycles. The summed E-state index contributed by atoms with van der Waals surface area (Å²) >= 11 is 0. The van der Waals surface area contributed by atoms with E-state index in [2.05, 4.69) is 65.6 Å². The SMILES string of the molecule is C.CC.CCC(CC)(CCC(=O)CCN1CCC(C)CC1)CCC(=O)CC(C)(C)C.CCC1CC(C)CCN1. The molecule has 2 unspecified atom stereocenters. The molecule has 234 valence electrons. The number of ketones is 2. The molecule has 0 amide bonds. The number of nitrogens with one attached hydrogen (secondary N) is 1. The maximum Gasteiger partial charge on any atom is 0.134 e. The lowest BCUT2D eigenvalue weighted by molar-refractivity contribution is -0.121. The zero-order valence-corrected chi connectivity index (χ0v) is 27.5.